The molecule has 0 aliphatic carbocycles. The third-order valence-electron chi connectivity index (χ3n) is 3.59. The van der Waals surface area contributed by atoms with Crippen LogP contribution in [0.5, 0.6) is 0 Å². The molecule has 1 unspecified atom stereocenters. The first kappa shape index (κ1) is 15.3. The highest BCUT2D eigenvalue weighted by Crippen LogP contribution is 2.17. The molecule has 1 aromatic rings. The predicted molar refractivity (Wildman–Crippen MR) is 83.3 cm³/mol. The fraction of sp³-hybridized carbons (Fsp3) is 0.571. The van der Waals surface area contributed by atoms with E-state index in [2.05, 4.69) is 17.1 Å². The predicted octanol–water partition coefficient (Wildman–Crippen LogP) is 2.29. The topological polar surface area (TPSA) is 58.4 Å². The molecule has 1 N–H and O–H groups in total. The summed E-state index contributed by atoms with van der Waals surface area (Å²) in [7, 11) is 0. The summed E-state index contributed by atoms with van der Waals surface area (Å²) in [6.45, 7) is 6.46. The Morgan fingerprint density at radius 3 is 2.60 bits per heavy atom. The molecular formula is C14H21N3O2S. The van der Waals surface area contributed by atoms with Crippen molar-refractivity contribution in [2.45, 2.75) is 13.0 Å². The lowest BCUT2D eigenvalue weighted by molar-refractivity contribution is -0.384. The van der Waals surface area contributed by atoms with Gasteiger partial charge in [-0.15, -0.1) is 0 Å². The maximum Gasteiger partial charge on any atom is 0.269 e. The molecule has 1 saturated heterocycles. The van der Waals surface area contributed by atoms with Gasteiger partial charge in [-0.2, -0.15) is 11.8 Å². The van der Waals surface area contributed by atoms with E-state index in [9.17, 15) is 10.1 Å². The molecule has 0 aromatic heterocycles. The van der Waals surface area contributed by atoms with Gasteiger partial charge in [-0.25, -0.2) is 0 Å². The normalized spacial score (nSPS) is 17.9. The Balaban J connectivity index is 1.76. The maximum atomic E-state index is 10.6. The van der Waals surface area contributed by atoms with Gasteiger partial charge in [-0.1, -0.05) is 12.1 Å². The summed E-state index contributed by atoms with van der Waals surface area (Å²) in [4.78, 5) is 12.7. The molecule has 1 fully saturated rings. The Labute approximate surface area is 123 Å². The first-order valence-electron chi connectivity index (χ1n) is 6.94. The Morgan fingerprint density at radius 2 is 2.00 bits per heavy atom. The monoisotopic (exact) mass is 295 g/mol. The Hall–Kier alpha value is -1.11. The van der Waals surface area contributed by atoms with Crippen LogP contribution in [0.25, 0.3) is 0 Å². The van der Waals surface area contributed by atoms with E-state index in [0.29, 0.717) is 0 Å². The maximum absolute atomic E-state index is 10.6. The summed E-state index contributed by atoms with van der Waals surface area (Å²) in [5.41, 5.74) is 1.23. The van der Waals surface area contributed by atoms with Gasteiger partial charge in [-0.05, 0) is 12.5 Å². The third kappa shape index (κ3) is 4.47. The van der Waals surface area contributed by atoms with E-state index < -0.39 is 0 Å². The second-order valence-corrected chi connectivity index (χ2v) is 6.20. The van der Waals surface area contributed by atoms with Crippen LogP contribution in [0.1, 0.15) is 18.5 Å². The Kier molecular flexibility index (Phi) is 5.82. The van der Waals surface area contributed by atoms with Crippen LogP contribution in [0.3, 0.4) is 0 Å². The minimum atomic E-state index is -0.365. The summed E-state index contributed by atoms with van der Waals surface area (Å²) >= 11 is 2.02. The van der Waals surface area contributed by atoms with Crippen LogP contribution in [0, 0.1) is 10.1 Å². The molecule has 0 spiro atoms. The number of non-ortho nitro benzene ring substituents is 1. The molecule has 1 aromatic carbocycles. The molecule has 6 heteroatoms. The van der Waals surface area contributed by atoms with E-state index >= 15 is 0 Å². The number of benzene rings is 1. The van der Waals surface area contributed by atoms with E-state index in [-0.39, 0.29) is 16.7 Å². The molecule has 0 bridgehead atoms. The van der Waals surface area contributed by atoms with Crippen LogP contribution in [0.2, 0.25) is 0 Å². The third-order valence-corrected chi connectivity index (χ3v) is 4.53. The Morgan fingerprint density at radius 1 is 1.35 bits per heavy atom. The van der Waals surface area contributed by atoms with Crippen molar-refractivity contribution < 1.29 is 4.92 Å². The highest BCUT2D eigenvalue weighted by molar-refractivity contribution is 7.99. The zero-order chi connectivity index (χ0) is 14.4. The van der Waals surface area contributed by atoms with Crippen LogP contribution >= 0.6 is 11.8 Å². The van der Waals surface area contributed by atoms with Crippen molar-refractivity contribution in [3.63, 3.8) is 0 Å². The van der Waals surface area contributed by atoms with E-state index in [1.807, 2.05) is 23.9 Å². The van der Waals surface area contributed by atoms with Gasteiger partial charge in [0.15, 0.2) is 0 Å². The van der Waals surface area contributed by atoms with Crippen molar-refractivity contribution in [2.75, 3.05) is 37.7 Å². The highest BCUT2D eigenvalue weighted by Gasteiger charge is 2.11. The number of nitrogens with one attached hydrogen (secondary N) is 1. The molecule has 0 amide bonds. The van der Waals surface area contributed by atoms with Crippen molar-refractivity contribution in [3.8, 4) is 0 Å². The second-order valence-electron chi connectivity index (χ2n) is 4.98. The van der Waals surface area contributed by atoms with Crippen molar-refractivity contribution >= 4 is 17.4 Å². The molecule has 5 nitrogen and oxygen atoms in total. The minimum Gasteiger partial charge on any atom is -0.309 e. The lowest BCUT2D eigenvalue weighted by Crippen LogP contribution is -2.38. The molecule has 1 aliphatic heterocycles. The summed E-state index contributed by atoms with van der Waals surface area (Å²) in [6, 6.07) is 7.00. The molecule has 1 aliphatic rings. The van der Waals surface area contributed by atoms with Crippen molar-refractivity contribution in [1.29, 1.82) is 0 Å². The zero-order valence-corrected chi connectivity index (χ0v) is 12.6. The number of thioether (sulfide) groups is 1. The van der Waals surface area contributed by atoms with Gasteiger partial charge in [0.25, 0.3) is 5.69 Å². The molecule has 1 atom stereocenters. The number of hydrogen-bond acceptors (Lipinski definition) is 5. The quantitative estimate of drug-likeness (QED) is 0.644. The summed E-state index contributed by atoms with van der Waals surface area (Å²) in [5, 5.41) is 14.1. The molecule has 0 radical (unpaired) electrons. The molecule has 20 heavy (non-hydrogen) atoms. The van der Waals surface area contributed by atoms with Gasteiger partial charge in [0.1, 0.15) is 0 Å². The van der Waals surface area contributed by atoms with Gasteiger partial charge < -0.3 is 10.2 Å². The fourth-order valence-corrected chi connectivity index (χ4v) is 3.25. The Bertz CT molecular complexity index is 433. The summed E-state index contributed by atoms with van der Waals surface area (Å²) in [5.74, 6) is 2.47. The van der Waals surface area contributed by atoms with Crippen LogP contribution in [0.4, 0.5) is 5.69 Å². The van der Waals surface area contributed by atoms with Crippen LogP contribution in [-0.2, 0) is 0 Å². The average molecular weight is 295 g/mol. The van der Waals surface area contributed by atoms with Crippen molar-refractivity contribution in [3.05, 3.63) is 39.9 Å². The standard InChI is InChI=1S/C14H21N3O2S/c1-12(13-2-4-14(5-3-13)17(18)19)15-6-7-16-8-10-20-11-9-16/h2-5,12,15H,6-11H2,1H3. The number of nitrogens with zero attached hydrogens (tertiary/aromatic N) is 2. The highest BCUT2D eigenvalue weighted by atomic mass is 32.2. The van der Waals surface area contributed by atoms with E-state index in [0.717, 1.165) is 18.7 Å². The second kappa shape index (κ2) is 7.61. The lowest BCUT2D eigenvalue weighted by atomic mass is 10.1. The largest absolute Gasteiger partial charge is 0.309 e. The lowest BCUT2D eigenvalue weighted by Gasteiger charge is -2.26. The molecular weight excluding hydrogens is 274 g/mol. The van der Waals surface area contributed by atoms with Gasteiger partial charge in [0.05, 0.1) is 4.92 Å². The van der Waals surface area contributed by atoms with Crippen molar-refractivity contribution in [2.24, 2.45) is 0 Å². The fourth-order valence-electron chi connectivity index (χ4n) is 2.27. The first-order valence-corrected chi connectivity index (χ1v) is 8.10. The van der Waals surface area contributed by atoms with Gasteiger partial charge in [0, 0.05) is 55.9 Å². The van der Waals surface area contributed by atoms with E-state index in [1.54, 1.807) is 12.1 Å². The first-order chi connectivity index (χ1) is 9.66. The summed E-state index contributed by atoms with van der Waals surface area (Å²) in [6.07, 6.45) is 0. The number of nitro benzene ring substituents is 1. The molecule has 2 rings (SSSR count). The number of hydrogen-bond donors (Lipinski definition) is 1. The zero-order valence-electron chi connectivity index (χ0n) is 11.7. The summed E-state index contributed by atoms with van der Waals surface area (Å²) < 4.78 is 0. The smallest absolute Gasteiger partial charge is 0.269 e. The van der Waals surface area contributed by atoms with Crippen LogP contribution in [0.15, 0.2) is 24.3 Å². The number of rotatable bonds is 6. The number of nitro groups is 1. The van der Waals surface area contributed by atoms with E-state index in [4.69, 9.17) is 0 Å². The molecule has 0 saturated carbocycles. The SMILES string of the molecule is CC(NCCN1CCSCC1)c1ccc([N+](=O)[O-])cc1. The molecule has 110 valence electrons. The van der Waals surface area contributed by atoms with Crippen LogP contribution < -0.4 is 5.32 Å². The van der Waals surface area contributed by atoms with Crippen LogP contribution in [-0.4, -0.2) is 47.5 Å². The van der Waals surface area contributed by atoms with Gasteiger partial charge >= 0.3 is 0 Å². The minimum absolute atomic E-state index is 0.145. The van der Waals surface area contributed by atoms with Crippen molar-refractivity contribution in [1.82, 2.24) is 10.2 Å². The van der Waals surface area contributed by atoms with Gasteiger partial charge in [-0.3, -0.25) is 10.1 Å². The van der Waals surface area contributed by atoms with Gasteiger partial charge in [0.2, 0.25) is 0 Å². The average Bonchev–Trinajstić information content (AvgIpc) is 2.48. The molecule has 1 heterocycles. The van der Waals surface area contributed by atoms with E-state index in [1.165, 1.54) is 24.6 Å².